The number of para-hydroxylation sites is 2. The Morgan fingerprint density at radius 1 is 1.17 bits per heavy atom. The van der Waals surface area contributed by atoms with Gasteiger partial charge in [0.15, 0.2) is 5.82 Å². The number of aromatic carboxylic acids is 1. The van der Waals surface area contributed by atoms with Gasteiger partial charge in [-0.2, -0.15) is 4.98 Å². The summed E-state index contributed by atoms with van der Waals surface area (Å²) in [6, 6.07) is 13.0. The summed E-state index contributed by atoms with van der Waals surface area (Å²) in [4.78, 5) is 29.1. The number of amides is 2. The zero-order valence-corrected chi connectivity index (χ0v) is 16.0. The SMILES string of the molecule is COc1ccccc1NC(=O)N(C)CCc1noc(-c2ccc(C(=O)O)cc2)n1. The fourth-order valence-electron chi connectivity index (χ4n) is 2.56. The zero-order valence-electron chi connectivity index (χ0n) is 16.0. The molecule has 1 aromatic heterocycles. The lowest BCUT2D eigenvalue weighted by molar-refractivity contribution is 0.0697. The van der Waals surface area contributed by atoms with Gasteiger partial charge < -0.3 is 24.6 Å². The van der Waals surface area contributed by atoms with Crippen LogP contribution < -0.4 is 10.1 Å². The Bertz CT molecular complexity index is 1000. The molecule has 9 heteroatoms. The lowest BCUT2D eigenvalue weighted by atomic mass is 10.1. The minimum absolute atomic E-state index is 0.177. The van der Waals surface area contributed by atoms with Crippen molar-refractivity contribution in [3.63, 3.8) is 0 Å². The van der Waals surface area contributed by atoms with Gasteiger partial charge in [0, 0.05) is 25.6 Å². The van der Waals surface area contributed by atoms with Gasteiger partial charge in [0.2, 0.25) is 0 Å². The predicted molar refractivity (Wildman–Crippen MR) is 105 cm³/mol. The normalized spacial score (nSPS) is 10.4. The molecule has 0 spiro atoms. The third kappa shape index (κ3) is 4.89. The first kappa shape index (κ1) is 19.9. The molecule has 2 N–H and O–H groups in total. The number of benzene rings is 2. The summed E-state index contributed by atoms with van der Waals surface area (Å²) in [5.41, 5.74) is 1.38. The number of urea groups is 1. The van der Waals surface area contributed by atoms with Gasteiger partial charge in [-0.3, -0.25) is 0 Å². The molecule has 3 rings (SSSR count). The monoisotopic (exact) mass is 396 g/mol. The lowest BCUT2D eigenvalue weighted by Gasteiger charge is -2.18. The molecular formula is C20H20N4O5. The Morgan fingerprint density at radius 2 is 1.90 bits per heavy atom. The molecule has 0 aliphatic carbocycles. The Balaban J connectivity index is 1.57. The molecule has 0 aliphatic heterocycles. The summed E-state index contributed by atoms with van der Waals surface area (Å²) in [6.45, 7) is 0.373. The molecule has 1 heterocycles. The number of carbonyl (C=O) groups excluding carboxylic acids is 1. The van der Waals surface area contributed by atoms with Crippen molar-refractivity contribution >= 4 is 17.7 Å². The lowest BCUT2D eigenvalue weighted by Crippen LogP contribution is -2.33. The van der Waals surface area contributed by atoms with E-state index in [-0.39, 0.29) is 17.5 Å². The summed E-state index contributed by atoms with van der Waals surface area (Å²) in [5, 5.41) is 15.6. The number of ether oxygens (including phenoxy) is 1. The summed E-state index contributed by atoms with van der Waals surface area (Å²) in [7, 11) is 3.20. The van der Waals surface area contributed by atoms with Crippen LogP contribution in [0.5, 0.6) is 5.75 Å². The molecule has 0 radical (unpaired) electrons. The molecule has 150 valence electrons. The molecule has 2 amide bonds. The third-order valence-electron chi connectivity index (χ3n) is 4.21. The molecule has 0 saturated heterocycles. The Labute approximate surface area is 166 Å². The smallest absolute Gasteiger partial charge is 0.335 e. The van der Waals surface area contributed by atoms with Gasteiger partial charge in [0.05, 0.1) is 18.4 Å². The summed E-state index contributed by atoms with van der Waals surface area (Å²) >= 11 is 0. The first-order valence-electron chi connectivity index (χ1n) is 8.79. The van der Waals surface area contributed by atoms with E-state index in [4.69, 9.17) is 14.4 Å². The van der Waals surface area contributed by atoms with E-state index in [0.29, 0.717) is 35.8 Å². The van der Waals surface area contributed by atoms with Crippen LogP contribution in [0.1, 0.15) is 16.2 Å². The predicted octanol–water partition coefficient (Wildman–Crippen LogP) is 3.15. The molecule has 2 aromatic carbocycles. The van der Waals surface area contributed by atoms with Crippen molar-refractivity contribution in [3.05, 3.63) is 59.9 Å². The number of carboxylic acids is 1. The quantitative estimate of drug-likeness (QED) is 0.630. The maximum absolute atomic E-state index is 12.4. The van der Waals surface area contributed by atoms with Crippen molar-refractivity contribution in [2.75, 3.05) is 26.0 Å². The number of anilines is 1. The molecule has 0 saturated carbocycles. The van der Waals surface area contributed by atoms with Crippen molar-refractivity contribution in [1.82, 2.24) is 15.0 Å². The molecular weight excluding hydrogens is 376 g/mol. The van der Waals surface area contributed by atoms with Gasteiger partial charge in [0.1, 0.15) is 5.75 Å². The second-order valence-electron chi connectivity index (χ2n) is 6.20. The maximum Gasteiger partial charge on any atom is 0.335 e. The second kappa shape index (κ2) is 8.87. The third-order valence-corrected chi connectivity index (χ3v) is 4.21. The molecule has 0 unspecified atom stereocenters. The summed E-state index contributed by atoms with van der Waals surface area (Å²) in [5.74, 6) is 0.306. The van der Waals surface area contributed by atoms with E-state index in [0.717, 1.165) is 0 Å². The van der Waals surface area contributed by atoms with Crippen LogP contribution in [0, 0.1) is 0 Å². The molecule has 0 aliphatic rings. The van der Waals surface area contributed by atoms with Crippen molar-refractivity contribution in [2.45, 2.75) is 6.42 Å². The van der Waals surface area contributed by atoms with Crippen molar-refractivity contribution < 1.29 is 24.0 Å². The minimum atomic E-state index is -1.00. The molecule has 3 aromatic rings. The van der Waals surface area contributed by atoms with Gasteiger partial charge in [-0.25, -0.2) is 9.59 Å². The van der Waals surface area contributed by atoms with Crippen LogP contribution in [0.3, 0.4) is 0 Å². The van der Waals surface area contributed by atoms with E-state index >= 15 is 0 Å². The number of aromatic nitrogens is 2. The van der Waals surface area contributed by atoms with Crippen molar-refractivity contribution in [2.24, 2.45) is 0 Å². The molecule has 29 heavy (non-hydrogen) atoms. The first-order valence-corrected chi connectivity index (χ1v) is 8.79. The molecule has 0 bridgehead atoms. The van der Waals surface area contributed by atoms with Crippen LogP contribution in [-0.4, -0.2) is 52.8 Å². The number of carbonyl (C=O) groups is 2. The van der Waals surface area contributed by atoms with Crippen LogP contribution in [0.15, 0.2) is 53.1 Å². The fraction of sp³-hybridized carbons (Fsp3) is 0.200. The van der Waals surface area contributed by atoms with Gasteiger partial charge in [-0.05, 0) is 36.4 Å². The number of hydrogen-bond acceptors (Lipinski definition) is 6. The van der Waals surface area contributed by atoms with E-state index in [1.54, 1.807) is 31.3 Å². The maximum atomic E-state index is 12.4. The van der Waals surface area contributed by atoms with E-state index in [1.165, 1.54) is 24.1 Å². The second-order valence-corrected chi connectivity index (χ2v) is 6.20. The number of nitrogens with one attached hydrogen (secondary N) is 1. The number of nitrogens with zero attached hydrogens (tertiary/aromatic N) is 3. The highest BCUT2D eigenvalue weighted by Crippen LogP contribution is 2.23. The number of hydrogen-bond donors (Lipinski definition) is 2. The average Bonchev–Trinajstić information content (AvgIpc) is 3.21. The van der Waals surface area contributed by atoms with Crippen molar-refractivity contribution in [3.8, 4) is 17.2 Å². The van der Waals surface area contributed by atoms with Gasteiger partial charge in [-0.15, -0.1) is 0 Å². The standard InChI is InChI=1S/C20H20N4O5/c1-24(20(27)21-15-5-3-4-6-16(15)28-2)12-11-17-22-18(29-23-17)13-7-9-14(10-8-13)19(25)26/h3-10H,11-12H2,1-2H3,(H,21,27)(H,25,26). The highest BCUT2D eigenvalue weighted by Gasteiger charge is 2.14. The largest absolute Gasteiger partial charge is 0.495 e. The summed E-state index contributed by atoms with van der Waals surface area (Å²) in [6.07, 6.45) is 0.395. The van der Waals surface area contributed by atoms with E-state index < -0.39 is 5.97 Å². The van der Waals surface area contributed by atoms with E-state index in [2.05, 4.69) is 15.5 Å². The number of rotatable bonds is 7. The zero-order chi connectivity index (χ0) is 20.8. The molecule has 0 fully saturated rings. The van der Waals surface area contributed by atoms with E-state index in [1.807, 2.05) is 12.1 Å². The van der Waals surface area contributed by atoms with Crippen molar-refractivity contribution in [1.29, 1.82) is 0 Å². The minimum Gasteiger partial charge on any atom is -0.495 e. The van der Waals surface area contributed by atoms with Crippen LogP contribution in [0.2, 0.25) is 0 Å². The average molecular weight is 396 g/mol. The Kier molecular flexibility index (Phi) is 6.08. The van der Waals surface area contributed by atoms with Gasteiger partial charge >= 0.3 is 12.0 Å². The topological polar surface area (TPSA) is 118 Å². The highest BCUT2D eigenvalue weighted by molar-refractivity contribution is 5.90. The molecule has 9 nitrogen and oxygen atoms in total. The Morgan fingerprint density at radius 3 is 2.59 bits per heavy atom. The van der Waals surface area contributed by atoms with Crippen LogP contribution >= 0.6 is 0 Å². The van der Waals surface area contributed by atoms with Crippen LogP contribution in [0.4, 0.5) is 10.5 Å². The van der Waals surface area contributed by atoms with E-state index in [9.17, 15) is 9.59 Å². The summed E-state index contributed by atoms with van der Waals surface area (Å²) < 4.78 is 10.4. The highest BCUT2D eigenvalue weighted by atomic mass is 16.5. The first-order chi connectivity index (χ1) is 14.0. The number of likely N-dealkylation sites (N-methyl/N-ethyl adjacent to an activating group) is 1. The van der Waals surface area contributed by atoms with Gasteiger partial charge in [0.25, 0.3) is 5.89 Å². The Hall–Kier alpha value is -3.88. The van der Waals surface area contributed by atoms with Crippen LogP contribution in [0.25, 0.3) is 11.5 Å². The number of carboxylic acid groups (broad SMARTS) is 1. The molecule has 0 atom stereocenters. The fourth-order valence-corrected chi connectivity index (χ4v) is 2.56. The number of methoxy groups -OCH3 is 1. The van der Waals surface area contributed by atoms with Crippen LogP contribution in [-0.2, 0) is 6.42 Å². The van der Waals surface area contributed by atoms with Gasteiger partial charge in [-0.1, -0.05) is 17.3 Å².